The zero-order valence-corrected chi connectivity index (χ0v) is 18.1. The van der Waals surface area contributed by atoms with E-state index in [1.807, 2.05) is 0 Å². The summed E-state index contributed by atoms with van der Waals surface area (Å²) in [4.78, 5) is 12.9. The molecular formula is C21H26N2O6S. The van der Waals surface area contributed by atoms with E-state index in [9.17, 15) is 13.2 Å². The SMILES string of the molecule is COc1ccc(S(=O)(=O)N2CCC(C(=O)Nc3cc(OC)cc(OC)c3)CC2)cc1. The highest BCUT2D eigenvalue weighted by Gasteiger charge is 2.32. The Morgan fingerprint density at radius 1 is 0.900 bits per heavy atom. The molecule has 0 radical (unpaired) electrons. The minimum atomic E-state index is -3.60. The quantitative estimate of drug-likeness (QED) is 0.720. The van der Waals surface area contributed by atoms with Gasteiger partial charge in [-0.1, -0.05) is 0 Å². The number of piperidine rings is 1. The molecule has 1 amide bonds. The van der Waals surface area contributed by atoms with Crippen molar-refractivity contribution >= 4 is 21.6 Å². The van der Waals surface area contributed by atoms with Gasteiger partial charge < -0.3 is 19.5 Å². The number of anilines is 1. The third kappa shape index (κ3) is 4.85. The van der Waals surface area contributed by atoms with Gasteiger partial charge in [-0.25, -0.2) is 8.42 Å². The van der Waals surface area contributed by atoms with Gasteiger partial charge in [0.1, 0.15) is 17.2 Å². The molecule has 2 aromatic carbocycles. The van der Waals surface area contributed by atoms with Gasteiger partial charge in [0.2, 0.25) is 15.9 Å². The Kier molecular flexibility index (Phi) is 6.84. The number of nitrogens with one attached hydrogen (secondary N) is 1. The molecule has 0 atom stereocenters. The topological polar surface area (TPSA) is 94.2 Å². The maximum absolute atomic E-state index is 12.9. The van der Waals surface area contributed by atoms with Crippen molar-refractivity contribution in [2.24, 2.45) is 5.92 Å². The summed E-state index contributed by atoms with van der Waals surface area (Å²) >= 11 is 0. The summed E-state index contributed by atoms with van der Waals surface area (Å²) < 4.78 is 42.6. The van der Waals surface area contributed by atoms with Gasteiger partial charge in [0.15, 0.2) is 0 Å². The second-order valence-corrected chi connectivity index (χ2v) is 8.88. The van der Waals surface area contributed by atoms with Crippen molar-refractivity contribution < 1.29 is 27.4 Å². The van der Waals surface area contributed by atoms with Crippen LogP contribution in [0.5, 0.6) is 17.2 Å². The van der Waals surface area contributed by atoms with Crippen LogP contribution >= 0.6 is 0 Å². The highest BCUT2D eigenvalue weighted by atomic mass is 32.2. The van der Waals surface area contributed by atoms with Crippen molar-refractivity contribution in [1.82, 2.24) is 4.31 Å². The molecule has 0 spiro atoms. The number of carbonyl (C=O) groups excluding carboxylic acids is 1. The Morgan fingerprint density at radius 2 is 1.43 bits per heavy atom. The van der Waals surface area contributed by atoms with Gasteiger partial charge >= 0.3 is 0 Å². The lowest BCUT2D eigenvalue weighted by Crippen LogP contribution is -2.41. The predicted molar refractivity (Wildman–Crippen MR) is 113 cm³/mol. The Balaban J connectivity index is 1.62. The molecule has 0 aliphatic carbocycles. The predicted octanol–water partition coefficient (Wildman–Crippen LogP) is 2.75. The zero-order valence-electron chi connectivity index (χ0n) is 17.3. The number of methoxy groups -OCH3 is 3. The highest BCUT2D eigenvalue weighted by molar-refractivity contribution is 7.89. The molecule has 1 aliphatic rings. The van der Waals surface area contributed by atoms with Crippen LogP contribution < -0.4 is 19.5 Å². The molecule has 1 saturated heterocycles. The van der Waals surface area contributed by atoms with Crippen LogP contribution in [0.15, 0.2) is 47.4 Å². The monoisotopic (exact) mass is 434 g/mol. The molecule has 0 unspecified atom stereocenters. The smallest absolute Gasteiger partial charge is 0.243 e. The average Bonchev–Trinajstić information content (AvgIpc) is 2.78. The number of rotatable bonds is 7. The molecule has 0 saturated carbocycles. The number of hydrogen-bond acceptors (Lipinski definition) is 6. The number of nitrogens with zero attached hydrogens (tertiary/aromatic N) is 1. The van der Waals surface area contributed by atoms with Crippen molar-refractivity contribution in [2.75, 3.05) is 39.7 Å². The summed E-state index contributed by atoms with van der Waals surface area (Å²) in [6.07, 6.45) is 0.893. The van der Waals surface area contributed by atoms with Crippen LogP contribution in [0.1, 0.15) is 12.8 Å². The van der Waals surface area contributed by atoms with Gasteiger partial charge in [0, 0.05) is 42.9 Å². The summed E-state index contributed by atoms with van der Waals surface area (Å²) in [5.41, 5.74) is 0.574. The molecule has 1 N–H and O–H groups in total. The first-order valence-corrected chi connectivity index (χ1v) is 11.0. The van der Waals surface area contributed by atoms with E-state index in [4.69, 9.17) is 14.2 Å². The molecule has 0 bridgehead atoms. The maximum Gasteiger partial charge on any atom is 0.243 e. The van der Waals surface area contributed by atoms with Gasteiger partial charge in [0.25, 0.3) is 0 Å². The molecule has 2 aromatic rings. The summed E-state index contributed by atoms with van der Waals surface area (Å²) in [6.45, 7) is 0.571. The molecule has 1 aliphatic heterocycles. The molecule has 9 heteroatoms. The van der Waals surface area contributed by atoms with E-state index in [0.717, 1.165) is 0 Å². The molecule has 1 heterocycles. The Bertz CT molecular complexity index is 961. The first-order chi connectivity index (χ1) is 14.4. The second kappa shape index (κ2) is 9.36. The fourth-order valence-electron chi connectivity index (χ4n) is 3.38. The van der Waals surface area contributed by atoms with Crippen LogP contribution in [0, 0.1) is 5.92 Å². The third-order valence-corrected chi connectivity index (χ3v) is 7.05. The van der Waals surface area contributed by atoms with Crippen molar-refractivity contribution in [2.45, 2.75) is 17.7 Å². The van der Waals surface area contributed by atoms with Crippen LogP contribution in [0.3, 0.4) is 0 Å². The number of benzene rings is 2. The standard InChI is InChI=1S/C21H26N2O6S/c1-27-17-4-6-20(7-5-17)30(25,26)23-10-8-15(9-11-23)21(24)22-16-12-18(28-2)14-19(13-16)29-3/h4-7,12-15H,8-11H2,1-3H3,(H,22,24). The average molecular weight is 435 g/mol. The van der Waals surface area contributed by atoms with Crippen LogP contribution in [0.4, 0.5) is 5.69 Å². The van der Waals surface area contributed by atoms with E-state index in [0.29, 0.717) is 35.8 Å². The maximum atomic E-state index is 12.9. The summed E-state index contributed by atoms with van der Waals surface area (Å²) in [5.74, 6) is 1.32. The van der Waals surface area contributed by atoms with E-state index in [-0.39, 0.29) is 29.8 Å². The van der Waals surface area contributed by atoms with Crippen LogP contribution in [0.2, 0.25) is 0 Å². The molecular weight excluding hydrogens is 408 g/mol. The molecule has 162 valence electrons. The largest absolute Gasteiger partial charge is 0.497 e. The first-order valence-electron chi connectivity index (χ1n) is 9.55. The van der Waals surface area contributed by atoms with Gasteiger partial charge in [-0.05, 0) is 37.1 Å². The summed E-state index contributed by atoms with van der Waals surface area (Å²) in [6, 6.07) is 11.4. The normalized spacial score (nSPS) is 15.4. The van der Waals surface area contributed by atoms with E-state index >= 15 is 0 Å². The van der Waals surface area contributed by atoms with Crippen LogP contribution in [-0.4, -0.2) is 53.0 Å². The summed E-state index contributed by atoms with van der Waals surface area (Å²) in [7, 11) is 1.01. The van der Waals surface area contributed by atoms with Gasteiger partial charge in [-0.3, -0.25) is 4.79 Å². The molecule has 30 heavy (non-hydrogen) atoms. The lowest BCUT2D eigenvalue weighted by molar-refractivity contribution is -0.120. The number of sulfonamides is 1. The minimum Gasteiger partial charge on any atom is -0.497 e. The Hall–Kier alpha value is -2.78. The summed E-state index contributed by atoms with van der Waals surface area (Å²) in [5, 5.41) is 2.88. The molecule has 1 fully saturated rings. The Morgan fingerprint density at radius 3 is 1.93 bits per heavy atom. The molecule has 8 nitrogen and oxygen atoms in total. The molecule has 0 aromatic heterocycles. The van der Waals surface area contributed by atoms with Crippen LogP contribution in [0.25, 0.3) is 0 Å². The van der Waals surface area contributed by atoms with Gasteiger partial charge in [0.05, 0.1) is 26.2 Å². The fourth-order valence-corrected chi connectivity index (χ4v) is 4.85. The Labute approximate surface area is 176 Å². The van der Waals surface area contributed by atoms with E-state index in [1.54, 1.807) is 44.6 Å². The fraction of sp³-hybridized carbons (Fsp3) is 0.381. The van der Waals surface area contributed by atoms with Crippen LogP contribution in [-0.2, 0) is 14.8 Å². The van der Waals surface area contributed by atoms with Crippen molar-refractivity contribution in [3.8, 4) is 17.2 Å². The number of hydrogen-bond donors (Lipinski definition) is 1. The van der Waals surface area contributed by atoms with Gasteiger partial charge in [-0.2, -0.15) is 4.31 Å². The first kappa shape index (κ1) is 21.9. The third-order valence-electron chi connectivity index (χ3n) is 5.14. The van der Waals surface area contributed by atoms with Crippen molar-refractivity contribution in [3.63, 3.8) is 0 Å². The van der Waals surface area contributed by atoms with E-state index in [2.05, 4.69) is 5.32 Å². The lowest BCUT2D eigenvalue weighted by Gasteiger charge is -2.30. The highest BCUT2D eigenvalue weighted by Crippen LogP contribution is 2.28. The van der Waals surface area contributed by atoms with Crippen molar-refractivity contribution in [1.29, 1.82) is 0 Å². The minimum absolute atomic E-state index is 0.146. The van der Waals surface area contributed by atoms with E-state index < -0.39 is 10.0 Å². The van der Waals surface area contributed by atoms with Gasteiger partial charge in [-0.15, -0.1) is 0 Å². The number of carbonyl (C=O) groups is 1. The number of amides is 1. The number of ether oxygens (including phenoxy) is 3. The van der Waals surface area contributed by atoms with Crippen molar-refractivity contribution in [3.05, 3.63) is 42.5 Å². The van der Waals surface area contributed by atoms with E-state index in [1.165, 1.54) is 23.5 Å². The lowest BCUT2D eigenvalue weighted by atomic mass is 9.97. The second-order valence-electron chi connectivity index (χ2n) is 6.94. The molecule has 3 rings (SSSR count). The zero-order chi connectivity index (χ0) is 21.7.